The molecule has 0 radical (unpaired) electrons. The molecule has 15 heavy (non-hydrogen) atoms. The molecule has 0 fully saturated rings. The van der Waals surface area contributed by atoms with Crippen molar-refractivity contribution in [2.75, 3.05) is 6.54 Å². The maximum atomic E-state index is 5.88. The van der Waals surface area contributed by atoms with Gasteiger partial charge in [-0.1, -0.05) is 23.7 Å². The van der Waals surface area contributed by atoms with Gasteiger partial charge in [-0.2, -0.15) is 0 Å². The lowest BCUT2D eigenvalue weighted by atomic mass is 10.0. The van der Waals surface area contributed by atoms with E-state index in [2.05, 4.69) is 5.32 Å². The molecular formula is C12H19ClN2. The van der Waals surface area contributed by atoms with E-state index >= 15 is 0 Å². The highest BCUT2D eigenvalue weighted by molar-refractivity contribution is 6.30. The Morgan fingerprint density at radius 1 is 1.27 bits per heavy atom. The van der Waals surface area contributed by atoms with E-state index in [1.54, 1.807) is 0 Å². The number of nitrogens with two attached hydrogens (primary N) is 1. The molecule has 0 aliphatic rings. The molecule has 3 heteroatoms. The molecule has 0 spiro atoms. The third-order valence-corrected chi connectivity index (χ3v) is 2.44. The fourth-order valence-corrected chi connectivity index (χ4v) is 1.37. The van der Waals surface area contributed by atoms with Gasteiger partial charge < -0.3 is 11.1 Å². The lowest BCUT2D eigenvalue weighted by Gasteiger charge is -2.18. The molecule has 0 amide bonds. The lowest BCUT2D eigenvalue weighted by Crippen LogP contribution is -2.35. The molecule has 0 atom stereocenters. The largest absolute Gasteiger partial charge is 0.326 e. The lowest BCUT2D eigenvalue weighted by molar-refractivity contribution is 0.455. The van der Waals surface area contributed by atoms with Gasteiger partial charge in [0.2, 0.25) is 0 Å². The first kappa shape index (κ1) is 12.5. The van der Waals surface area contributed by atoms with Crippen molar-refractivity contribution in [3.8, 4) is 0 Å². The highest BCUT2D eigenvalue weighted by Crippen LogP contribution is 2.09. The molecule has 2 nitrogen and oxygen atoms in total. The van der Waals surface area contributed by atoms with Crippen LogP contribution >= 0.6 is 11.6 Å². The minimum absolute atomic E-state index is 0.0903. The van der Waals surface area contributed by atoms with Gasteiger partial charge in [-0.3, -0.25) is 0 Å². The van der Waals surface area contributed by atoms with Crippen LogP contribution in [0.25, 0.3) is 0 Å². The second kappa shape index (κ2) is 5.50. The maximum absolute atomic E-state index is 5.88. The summed E-state index contributed by atoms with van der Waals surface area (Å²) in [6.07, 6.45) is 0.973. The first-order chi connectivity index (χ1) is 6.97. The molecule has 1 rings (SSSR count). The predicted octanol–water partition coefficient (Wildman–Crippen LogP) is 2.56. The van der Waals surface area contributed by atoms with Crippen LogP contribution in [0.1, 0.15) is 25.8 Å². The van der Waals surface area contributed by atoms with E-state index in [9.17, 15) is 0 Å². The summed E-state index contributed by atoms with van der Waals surface area (Å²) >= 11 is 5.80. The molecule has 0 heterocycles. The van der Waals surface area contributed by atoms with Crippen molar-refractivity contribution >= 4 is 11.6 Å². The predicted molar refractivity (Wildman–Crippen MR) is 66.0 cm³/mol. The van der Waals surface area contributed by atoms with E-state index in [1.807, 2.05) is 38.1 Å². The Morgan fingerprint density at radius 3 is 2.40 bits per heavy atom. The van der Waals surface area contributed by atoms with Crippen LogP contribution in [0.3, 0.4) is 0 Å². The first-order valence-corrected chi connectivity index (χ1v) is 5.59. The normalized spacial score (nSPS) is 11.7. The van der Waals surface area contributed by atoms with Crippen LogP contribution in [0.5, 0.6) is 0 Å². The SMILES string of the molecule is CC(C)(N)CCNCc1ccc(Cl)cc1. The molecule has 1 aromatic carbocycles. The summed E-state index contributed by atoms with van der Waals surface area (Å²) in [6.45, 7) is 5.88. The zero-order valence-electron chi connectivity index (χ0n) is 9.39. The average Bonchev–Trinajstić information content (AvgIpc) is 2.14. The Bertz CT molecular complexity index is 287. The van der Waals surface area contributed by atoms with Gasteiger partial charge in [0.25, 0.3) is 0 Å². The Morgan fingerprint density at radius 2 is 1.87 bits per heavy atom. The standard InChI is InChI=1S/C12H19ClN2/c1-12(2,14)7-8-15-9-10-3-5-11(13)6-4-10/h3-6,15H,7-9,14H2,1-2H3. The molecule has 0 aromatic heterocycles. The number of rotatable bonds is 5. The van der Waals surface area contributed by atoms with E-state index in [1.165, 1.54) is 5.56 Å². The van der Waals surface area contributed by atoms with Crippen molar-refractivity contribution in [2.45, 2.75) is 32.4 Å². The van der Waals surface area contributed by atoms with Gasteiger partial charge in [-0.05, 0) is 44.5 Å². The molecule has 3 N–H and O–H groups in total. The van der Waals surface area contributed by atoms with Crippen LogP contribution in [0.2, 0.25) is 5.02 Å². The van der Waals surface area contributed by atoms with Crippen molar-refractivity contribution in [1.82, 2.24) is 5.32 Å². The van der Waals surface area contributed by atoms with E-state index in [4.69, 9.17) is 17.3 Å². The molecule has 0 aliphatic heterocycles. The fourth-order valence-electron chi connectivity index (χ4n) is 1.25. The molecule has 0 unspecified atom stereocenters. The van der Waals surface area contributed by atoms with Crippen LogP contribution in [0.15, 0.2) is 24.3 Å². The zero-order valence-corrected chi connectivity index (χ0v) is 10.1. The van der Waals surface area contributed by atoms with Gasteiger partial charge in [0, 0.05) is 17.1 Å². The topological polar surface area (TPSA) is 38.0 Å². The Balaban J connectivity index is 2.23. The molecular weight excluding hydrogens is 208 g/mol. The van der Waals surface area contributed by atoms with Gasteiger partial charge in [0.1, 0.15) is 0 Å². The summed E-state index contributed by atoms with van der Waals surface area (Å²) in [5, 5.41) is 4.13. The van der Waals surface area contributed by atoms with Crippen LogP contribution in [-0.2, 0) is 6.54 Å². The third-order valence-electron chi connectivity index (χ3n) is 2.19. The molecule has 84 valence electrons. The molecule has 0 saturated heterocycles. The monoisotopic (exact) mass is 226 g/mol. The Hall–Kier alpha value is -0.570. The second-order valence-corrected chi connectivity index (χ2v) is 4.98. The summed E-state index contributed by atoms with van der Waals surface area (Å²) in [6, 6.07) is 7.88. The highest BCUT2D eigenvalue weighted by atomic mass is 35.5. The zero-order chi connectivity index (χ0) is 11.3. The minimum Gasteiger partial charge on any atom is -0.326 e. The number of hydrogen-bond donors (Lipinski definition) is 2. The van der Waals surface area contributed by atoms with Gasteiger partial charge in [0.05, 0.1) is 0 Å². The van der Waals surface area contributed by atoms with Crippen LogP contribution in [0.4, 0.5) is 0 Å². The van der Waals surface area contributed by atoms with Crippen LogP contribution < -0.4 is 11.1 Å². The maximum Gasteiger partial charge on any atom is 0.0406 e. The quantitative estimate of drug-likeness (QED) is 0.758. The van der Waals surface area contributed by atoms with Crippen molar-refractivity contribution in [2.24, 2.45) is 5.73 Å². The van der Waals surface area contributed by atoms with Crippen LogP contribution in [0, 0.1) is 0 Å². The smallest absolute Gasteiger partial charge is 0.0406 e. The Kier molecular flexibility index (Phi) is 4.58. The summed E-state index contributed by atoms with van der Waals surface area (Å²) in [7, 11) is 0. The summed E-state index contributed by atoms with van der Waals surface area (Å²) in [4.78, 5) is 0. The third kappa shape index (κ3) is 5.78. The molecule has 0 bridgehead atoms. The summed E-state index contributed by atoms with van der Waals surface area (Å²) in [5.74, 6) is 0. The first-order valence-electron chi connectivity index (χ1n) is 5.21. The van der Waals surface area contributed by atoms with Crippen molar-refractivity contribution < 1.29 is 0 Å². The molecule has 0 saturated carbocycles. The van der Waals surface area contributed by atoms with Gasteiger partial charge in [0.15, 0.2) is 0 Å². The minimum atomic E-state index is -0.0903. The molecule has 1 aromatic rings. The van der Waals surface area contributed by atoms with E-state index in [-0.39, 0.29) is 5.54 Å². The average molecular weight is 227 g/mol. The summed E-state index contributed by atoms with van der Waals surface area (Å²) < 4.78 is 0. The van der Waals surface area contributed by atoms with Crippen LogP contribution in [-0.4, -0.2) is 12.1 Å². The fraction of sp³-hybridized carbons (Fsp3) is 0.500. The van der Waals surface area contributed by atoms with Crippen molar-refractivity contribution in [3.63, 3.8) is 0 Å². The van der Waals surface area contributed by atoms with Gasteiger partial charge in [-0.15, -0.1) is 0 Å². The van der Waals surface area contributed by atoms with Gasteiger partial charge >= 0.3 is 0 Å². The van der Waals surface area contributed by atoms with Gasteiger partial charge in [-0.25, -0.2) is 0 Å². The van der Waals surface area contributed by atoms with E-state index in [0.717, 1.165) is 24.5 Å². The number of halogens is 1. The number of hydrogen-bond acceptors (Lipinski definition) is 2. The van der Waals surface area contributed by atoms with Crippen molar-refractivity contribution in [1.29, 1.82) is 0 Å². The van der Waals surface area contributed by atoms with E-state index in [0.29, 0.717) is 0 Å². The van der Waals surface area contributed by atoms with E-state index < -0.39 is 0 Å². The number of benzene rings is 1. The molecule has 0 aliphatic carbocycles. The highest BCUT2D eigenvalue weighted by Gasteiger charge is 2.08. The second-order valence-electron chi connectivity index (χ2n) is 4.54. The van der Waals surface area contributed by atoms with Crippen molar-refractivity contribution in [3.05, 3.63) is 34.9 Å². The Labute approximate surface area is 96.8 Å². The summed E-state index contributed by atoms with van der Waals surface area (Å²) in [5.41, 5.74) is 7.03. The number of nitrogens with one attached hydrogen (secondary N) is 1.